The van der Waals surface area contributed by atoms with Crippen molar-refractivity contribution in [2.45, 2.75) is 18.8 Å². The summed E-state index contributed by atoms with van der Waals surface area (Å²) in [4.78, 5) is 10.5. The highest BCUT2D eigenvalue weighted by Crippen LogP contribution is 2.22. The Morgan fingerprint density at radius 1 is 1.43 bits per heavy atom. The smallest absolute Gasteiger partial charge is 0.303 e. The number of carboxylic acids is 1. The van der Waals surface area contributed by atoms with E-state index < -0.39 is 5.97 Å². The van der Waals surface area contributed by atoms with Crippen molar-refractivity contribution in [3.63, 3.8) is 0 Å². The zero-order valence-electron chi connectivity index (χ0n) is 7.68. The van der Waals surface area contributed by atoms with Gasteiger partial charge >= 0.3 is 5.97 Å². The first-order chi connectivity index (χ1) is 6.74. The molecule has 0 saturated heterocycles. The zero-order chi connectivity index (χ0) is 10.4. The lowest BCUT2D eigenvalue weighted by atomic mass is 9.93. The maximum Gasteiger partial charge on any atom is 0.303 e. The Morgan fingerprint density at radius 2 is 2.07 bits per heavy atom. The van der Waals surface area contributed by atoms with Crippen molar-refractivity contribution in [3.05, 3.63) is 35.9 Å². The molecule has 1 N–H and O–H groups in total. The van der Waals surface area contributed by atoms with Crippen LogP contribution in [0.3, 0.4) is 0 Å². The molecule has 14 heavy (non-hydrogen) atoms. The molecule has 0 unspecified atom stereocenters. The summed E-state index contributed by atoms with van der Waals surface area (Å²) in [7, 11) is 0. The Bertz CT molecular complexity index is 340. The quantitative estimate of drug-likeness (QED) is 0.789. The van der Waals surface area contributed by atoms with Crippen LogP contribution in [0.15, 0.2) is 30.3 Å². The highest BCUT2D eigenvalue weighted by molar-refractivity contribution is 5.68. The van der Waals surface area contributed by atoms with Gasteiger partial charge in [0.05, 0.1) is 12.5 Å². The van der Waals surface area contributed by atoms with Crippen LogP contribution in [0.1, 0.15) is 24.3 Å². The largest absolute Gasteiger partial charge is 0.481 e. The molecule has 72 valence electrons. The zero-order valence-corrected chi connectivity index (χ0v) is 7.68. The molecule has 1 rings (SSSR count). The molecule has 0 fully saturated rings. The maximum absolute atomic E-state index is 10.5. The number of carbonyl (C=O) groups is 1. The van der Waals surface area contributed by atoms with Crippen molar-refractivity contribution < 1.29 is 9.90 Å². The third-order valence-electron chi connectivity index (χ3n) is 2.03. The summed E-state index contributed by atoms with van der Waals surface area (Å²) in [5.41, 5.74) is 0.913. The van der Waals surface area contributed by atoms with E-state index in [0.717, 1.165) is 5.56 Å². The van der Waals surface area contributed by atoms with Gasteiger partial charge in [-0.1, -0.05) is 30.3 Å². The third-order valence-corrected chi connectivity index (χ3v) is 2.03. The van der Waals surface area contributed by atoms with Crippen molar-refractivity contribution in [1.29, 1.82) is 5.26 Å². The second-order valence-electron chi connectivity index (χ2n) is 3.07. The van der Waals surface area contributed by atoms with E-state index in [1.165, 1.54) is 0 Å². The van der Waals surface area contributed by atoms with E-state index >= 15 is 0 Å². The van der Waals surface area contributed by atoms with Crippen LogP contribution in [-0.4, -0.2) is 11.1 Å². The summed E-state index contributed by atoms with van der Waals surface area (Å²) >= 11 is 0. The minimum Gasteiger partial charge on any atom is -0.481 e. The van der Waals surface area contributed by atoms with Gasteiger partial charge < -0.3 is 5.11 Å². The van der Waals surface area contributed by atoms with Gasteiger partial charge in [-0.05, 0) is 5.56 Å². The van der Waals surface area contributed by atoms with Crippen LogP contribution >= 0.6 is 0 Å². The molecule has 0 aliphatic heterocycles. The first kappa shape index (κ1) is 10.3. The van der Waals surface area contributed by atoms with Gasteiger partial charge in [0.25, 0.3) is 0 Å². The molecular formula is C11H11NO2. The Morgan fingerprint density at radius 3 is 2.57 bits per heavy atom. The Balaban J connectivity index is 2.78. The summed E-state index contributed by atoms with van der Waals surface area (Å²) in [5.74, 6) is -1.06. The first-order valence-corrected chi connectivity index (χ1v) is 4.37. The highest BCUT2D eigenvalue weighted by Gasteiger charge is 2.14. The fraction of sp³-hybridized carbons (Fsp3) is 0.273. The Kier molecular flexibility index (Phi) is 3.69. The van der Waals surface area contributed by atoms with Crippen LogP contribution in [0, 0.1) is 11.3 Å². The monoisotopic (exact) mass is 189 g/mol. The third kappa shape index (κ3) is 2.91. The molecule has 0 bridgehead atoms. The van der Waals surface area contributed by atoms with Crippen molar-refractivity contribution in [1.82, 2.24) is 0 Å². The van der Waals surface area contributed by atoms with Crippen LogP contribution in [-0.2, 0) is 4.79 Å². The fourth-order valence-corrected chi connectivity index (χ4v) is 1.35. The minimum atomic E-state index is -0.867. The summed E-state index contributed by atoms with van der Waals surface area (Å²) in [6, 6.07) is 11.3. The molecule has 0 amide bonds. The lowest BCUT2D eigenvalue weighted by molar-refractivity contribution is -0.137. The minimum absolute atomic E-state index is 0.0115. The van der Waals surface area contributed by atoms with Gasteiger partial charge in [0.1, 0.15) is 0 Å². The van der Waals surface area contributed by atoms with Gasteiger partial charge in [-0.3, -0.25) is 4.79 Å². The van der Waals surface area contributed by atoms with Gasteiger partial charge in [0, 0.05) is 12.3 Å². The number of hydrogen-bond acceptors (Lipinski definition) is 2. The number of rotatable bonds is 4. The van der Waals surface area contributed by atoms with Crippen LogP contribution in [0.25, 0.3) is 0 Å². The molecule has 3 heteroatoms. The number of benzene rings is 1. The van der Waals surface area contributed by atoms with E-state index in [9.17, 15) is 4.79 Å². The lowest BCUT2D eigenvalue weighted by Gasteiger charge is -2.10. The van der Waals surface area contributed by atoms with Gasteiger partial charge in [0.2, 0.25) is 0 Å². The normalized spacial score (nSPS) is 11.6. The molecule has 0 aliphatic rings. The predicted octanol–water partition coefficient (Wildman–Crippen LogP) is 2.16. The number of carboxylic acid groups (broad SMARTS) is 1. The Labute approximate surface area is 82.6 Å². The molecule has 0 aromatic heterocycles. The average Bonchev–Trinajstić information content (AvgIpc) is 2.18. The molecule has 0 aliphatic carbocycles. The summed E-state index contributed by atoms with van der Waals surface area (Å²) in [6.07, 6.45) is 0.258. The van der Waals surface area contributed by atoms with Crippen molar-refractivity contribution in [3.8, 4) is 6.07 Å². The van der Waals surface area contributed by atoms with Gasteiger partial charge in [0.15, 0.2) is 0 Å². The van der Waals surface area contributed by atoms with E-state index in [4.69, 9.17) is 10.4 Å². The molecular weight excluding hydrogens is 178 g/mol. The average molecular weight is 189 g/mol. The maximum atomic E-state index is 10.5. The van der Waals surface area contributed by atoms with Crippen molar-refractivity contribution in [2.24, 2.45) is 0 Å². The number of nitriles is 1. The SMILES string of the molecule is N#CC[C@@H](CC(=O)O)c1ccccc1. The van der Waals surface area contributed by atoms with Gasteiger partial charge in [-0.25, -0.2) is 0 Å². The molecule has 1 aromatic rings. The summed E-state index contributed by atoms with van der Waals surface area (Å²) in [5, 5.41) is 17.2. The highest BCUT2D eigenvalue weighted by atomic mass is 16.4. The second kappa shape index (κ2) is 5.03. The molecule has 0 spiro atoms. The van der Waals surface area contributed by atoms with Crippen LogP contribution < -0.4 is 0 Å². The number of hydrogen-bond donors (Lipinski definition) is 1. The lowest BCUT2D eigenvalue weighted by Crippen LogP contribution is -2.05. The molecule has 1 aromatic carbocycles. The summed E-state index contributed by atoms with van der Waals surface area (Å²) in [6.45, 7) is 0. The van der Waals surface area contributed by atoms with Crippen molar-refractivity contribution in [2.75, 3.05) is 0 Å². The second-order valence-corrected chi connectivity index (χ2v) is 3.07. The molecule has 1 atom stereocenters. The fourth-order valence-electron chi connectivity index (χ4n) is 1.35. The van der Waals surface area contributed by atoms with E-state index in [-0.39, 0.29) is 18.8 Å². The molecule has 0 heterocycles. The van der Waals surface area contributed by atoms with E-state index in [1.807, 2.05) is 36.4 Å². The van der Waals surface area contributed by atoms with E-state index in [1.54, 1.807) is 0 Å². The standard InChI is InChI=1S/C11H11NO2/c12-7-6-10(8-11(13)14)9-4-2-1-3-5-9/h1-5,10H,6,8H2,(H,13,14)/t10-/m0/s1. The van der Waals surface area contributed by atoms with Crippen LogP contribution in [0.4, 0.5) is 0 Å². The number of aliphatic carboxylic acids is 1. The van der Waals surface area contributed by atoms with E-state index in [2.05, 4.69) is 0 Å². The van der Waals surface area contributed by atoms with Gasteiger partial charge in [-0.15, -0.1) is 0 Å². The predicted molar refractivity (Wildman–Crippen MR) is 51.7 cm³/mol. The van der Waals surface area contributed by atoms with Gasteiger partial charge in [-0.2, -0.15) is 5.26 Å². The summed E-state index contributed by atoms with van der Waals surface area (Å²) < 4.78 is 0. The van der Waals surface area contributed by atoms with Crippen LogP contribution in [0.2, 0.25) is 0 Å². The first-order valence-electron chi connectivity index (χ1n) is 4.37. The topological polar surface area (TPSA) is 61.1 Å². The molecule has 3 nitrogen and oxygen atoms in total. The molecule has 0 saturated carbocycles. The molecule has 0 radical (unpaired) electrons. The van der Waals surface area contributed by atoms with Crippen molar-refractivity contribution >= 4 is 5.97 Å². The Hall–Kier alpha value is -1.82. The van der Waals surface area contributed by atoms with Crippen LogP contribution in [0.5, 0.6) is 0 Å². The number of nitrogens with zero attached hydrogens (tertiary/aromatic N) is 1. The van der Waals surface area contributed by atoms with E-state index in [0.29, 0.717) is 0 Å².